The predicted molar refractivity (Wildman–Crippen MR) is 76.3 cm³/mol. The van der Waals surface area contributed by atoms with Gasteiger partial charge in [0.2, 0.25) is 5.91 Å². The molecule has 3 nitrogen and oxygen atoms in total. The minimum Gasteiger partial charge on any atom is -0.380 e. The molecule has 17 heavy (non-hydrogen) atoms. The molecule has 0 aromatic heterocycles. The molecule has 1 aromatic carbocycles. The monoisotopic (exact) mass is 345 g/mol. The van der Waals surface area contributed by atoms with Crippen molar-refractivity contribution < 1.29 is 9.53 Å². The van der Waals surface area contributed by atoms with E-state index in [4.69, 9.17) is 4.74 Å². The van der Waals surface area contributed by atoms with Crippen LogP contribution in [0.15, 0.2) is 18.2 Å². The quantitative estimate of drug-likeness (QED) is 0.620. The molecule has 0 bridgehead atoms. The molecule has 0 unspecified atom stereocenters. The Morgan fingerprint density at radius 2 is 2.24 bits per heavy atom. The van der Waals surface area contributed by atoms with Gasteiger partial charge in [0, 0.05) is 28.8 Å². The first-order valence-electron chi connectivity index (χ1n) is 5.89. The van der Waals surface area contributed by atoms with Crippen molar-refractivity contribution in [1.29, 1.82) is 0 Å². The molecule has 4 heteroatoms. The maximum Gasteiger partial charge on any atom is 0.227 e. The third kappa shape index (κ3) is 2.98. The number of anilines is 1. The number of halogens is 1. The van der Waals surface area contributed by atoms with E-state index in [0.717, 1.165) is 12.1 Å². The first kappa shape index (κ1) is 12.8. The molecule has 1 heterocycles. The van der Waals surface area contributed by atoms with Crippen LogP contribution in [0.1, 0.15) is 18.9 Å². The van der Waals surface area contributed by atoms with Crippen LogP contribution < -0.4 is 4.90 Å². The van der Waals surface area contributed by atoms with Crippen LogP contribution in [0.4, 0.5) is 5.69 Å². The van der Waals surface area contributed by atoms with Gasteiger partial charge in [0.15, 0.2) is 0 Å². The van der Waals surface area contributed by atoms with Gasteiger partial charge in [0.1, 0.15) is 0 Å². The van der Waals surface area contributed by atoms with E-state index < -0.39 is 0 Å². The second-order valence-corrected chi connectivity index (χ2v) is 5.26. The van der Waals surface area contributed by atoms with Crippen LogP contribution in [-0.4, -0.2) is 25.7 Å². The number of hydrogen-bond donors (Lipinski definition) is 0. The van der Waals surface area contributed by atoms with Crippen molar-refractivity contribution in [2.75, 3.05) is 24.7 Å². The van der Waals surface area contributed by atoms with E-state index in [1.165, 1.54) is 9.13 Å². The highest BCUT2D eigenvalue weighted by molar-refractivity contribution is 14.1. The number of nitrogens with zero attached hydrogens (tertiary/aromatic N) is 1. The number of aryl methyl sites for hydroxylation is 1. The lowest BCUT2D eigenvalue weighted by atomic mass is 10.0. The standard InChI is InChI=1S/C13H16INO2/c1-2-17-8-7-15-12-5-4-11(14)9-10(12)3-6-13(15)16/h4-5,9H,2-3,6-8H2,1H3. The molecule has 0 spiro atoms. The highest BCUT2D eigenvalue weighted by Crippen LogP contribution is 2.28. The number of carbonyl (C=O) groups excluding carboxylic acids is 1. The second-order valence-electron chi connectivity index (χ2n) is 4.02. The number of carbonyl (C=O) groups is 1. The molecule has 2 rings (SSSR count). The summed E-state index contributed by atoms with van der Waals surface area (Å²) in [5.41, 5.74) is 2.33. The summed E-state index contributed by atoms with van der Waals surface area (Å²) in [5.74, 6) is 0.207. The molecular weight excluding hydrogens is 329 g/mol. The van der Waals surface area contributed by atoms with Crippen LogP contribution in [0, 0.1) is 3.57 Å². The third-order valence-electron chi connectivity index (χ3n) is 2.90. The zero-order chi connectivity index (χ0) is 12.3. The highest BCUT2D eigenvalue weighted by Gasteiger charge is 2.23. The van der Waals surface area contributed by atoms with Crippen LogP contribution >= 0.6 is 22.6 Å². The summed E-state index contributed by atoms with van der Waals surface area (Å²) in [5, 5.41) is 0. The molecular formula is C13H16INO2. The van der Waals surface area contributed by atoms with Crippen molar-refractivity contribution in [3.8, 4) is 0 Å². The summed E-state index contributed by atoms with van der Waals surface area (Å²) >= 11 is 2.30. The Balaban J connectivity index is 2.18. The molecule has 1 aromatic rings. The molecule has 1 aliphatic rings. The smallest absolute Gasteiger partial charge is 0.227 e. The van der Waals surface area contributed by atoms with E-state index in [-0.39, 0.29) is 5.91 Å². The van der Waals surface area contributed by atoms with Gasteiger partial charge in [-0.1, -0.05) is 0 Å². The van der Waals surface area contributed by atoms with E-state index in [9.17, 15) is 4.79 Å². The van der Waals surface area contributed by atoms with Gasteiger partial charge >= 0.3 is 0 Å². The van der Waals surface area contributed by atoms with Crippen molar-refractivity contribution in [2.45, 2.75) is 19.8 Å². The maximum atomic E-state index is 11.9. The van der Waals surface area contributed by atoms with Crippen molar-refractivity contribution in [2.24, 2.45) is 0 Å². The van der Waals surface area contributed by atoms with Crippen molar-refractivity contribution >= 4 is 34.2 Å². The molecule has 1 amide bonds. The molecule has 0 radical (unpaired) electrons. The first-order valence-corrected chi connectivity index (χ1v) is 6.96. The molecule has 92 valence electrons. The van der Waals surface area contributed by atoms with Gasteiger partial charge in [0.25, 0.3) is 0 Å². The number of amides is 1. The van der Waals surface area contributed by atoms with E-state index in [1.54, 1.807) is 0 Å². The zero-order valence-corrected chi connectivity index (χ0v) is 12.1. The molecule has 0 fully saturated rings. The lowest BCUT2D eigenvalue weighted by Crippen LogP contribution is -2.37. The van der Waals surface area contributed by atoms with Crippen molar-refractivity contribution in [3.05, 3.63) is 27.3 Å². The van der Waals surface area contributed by atoms with Gasteiger partial charge in [-0.05, 0) is 59.7 Å². The van der Waals surface area contributed by atoms with Gasteiger partial charge in [-0.25, -0.2) is 0 Å². The van der Waals surface area contributed by atoms with Crippen LogP contribution in [0.5, 0.6) is 0 Å². The van der Waals surface area contributed by atoms with E-state index in [2.05, 4.69) is 28.7 Å². The molecule has 1 aliphatic heterocycles. The van der Waals surface area contributed by atoms with E-state index in [1.807, 2.05) is 24.0 Å². The van der Waals surface area contributed by atoms with Crippen molar-refractivity contribution in [1.82, 2.24) is 0 Å². The van der Waals surface area contributed by atoms with Gasteiger partial charge in [0.05, 0.1) is 6.61 Å². The maximum absolute atomic E-state index is 11.9. The van der Waals surface area contributed by atoms with Gasteiger partial charge in [-0.2, -0.15) is 0 Å². The molecule has 0 atom stereocenters. The lowest BCUT2D eigenvalue weighted by Gasteiger charge is -2.29. The van der Waals surface area contributed by atoms with Crippen LogP contribution in [0.3, 0.4) is 0 Å². The average Bonchev–Trinajstić information content (AvgIpc) is 2.32. The number of hydrogen-bond acceptors (Lipinski definition) is 2. The number of ether oxygens (including phenoxy) is 1. The Kier molecular flexibility index (Phi) is 4.39. The first-order chi connectivity index (χ1) is 8.22. The van der Waals surface area contributed by atoms with Crippen molar-refractivity contribution in [3.63, 3.8) is 0 Å². The fourth-order valence-electron chi connectivity index (χ4n) is 2.07. The van der Waals surface area contributed by atoms with Crippen LogP contribution in [0.25, 0.3) is 0 Å². The van der Waals surface area contributed by atoms with Gasteiger partial charge in [-0.15, -0.1) is 0 Å². The van der Waals surface area contributed by atoms with E-state index in [0.29, 0.717) is 26.2 Å². The fraction of sp³-hybridized carbons (Fsp3) is 0.462. The summed E-state index contributed by atoms with van der Waals surface area (Å²) in [6, 6.07) is 6.25. The summed E-state index contributed by atoms with van der Waals surface area (Å²) < 4.78 is 6.55. The summed E-state index contributed by atoms with van der Waals surface area (Å²) in [6.07, 6.45) is 1.47. The number of fused-ring (bicyclic) bond motifs is 1. The average molecular weight is 345 g/mol. The molecule has 0 aliphatic carbocycles. The topological polar surface area (TPSA) is 29.5 Å². The summed E-state index contributed by atoms with van der Waals surface area (Å²) in [7, 11) is 0. The molecule has 0 N–H and O–H groups in total. The number of rotatable bonds is 4. The zero-order valence-electron chi connectivity index (χ0n) is 9.91. The van der Waals surface area contributed by atoms with Gasteiger partial charge < -0.3 is 9.64 Å². The Hall–Kier alpha value is -0.620. The largest absolute Gasteiger partial charge is 0.380 e. The number of benzene rings is 1. The highest BCUT2D eigenvalue weighted by atomic mass is 127. The Bertz CT molecular complexity index is 420. The van der Waals surface area contributed by atoms with Crippen LogP contribution in [-0.2, 0) is 16.0 Å². The molecule has 0 saturated carbocycles. The van der Waals surface area contributed by atoms with Gasteiger partial charge in [-0.3, -0.25) is 4.79 Å². The lowest BCUT2D eigenvalue weighted by molar-refractivity contribution is -0.119. The van der Waals surface area contributed by atoms with Crippen LogP contribution in [0.2, 0.25) is 0 Å². The Labute approximate surface area is 115 Å². The Morgan fingerprint density at radius 3 is 3.00 bits per heavy atom. The second kappa shape index (κ2) is 5.82. The fourth-order valence-corrected chi connectivity index (χ4v) is 2.63. The van der Waals surface area contributed by atoms with E-state index >= 15 is 0 Å². The normalized spacial score (nSPS) is 14.9. The Morgan fingerprint density at radius 1 is 1.41 bits per heavy atom. The summed E-state index contributed by atoms with van der Waals surface area (Å²) in [4.78, 5) is 13.8. The minimum absolute atomic E-state index is 0.207. The summed E-state index contributed by atoms with van der Waals surface area (Å²) in [6.45, 7) is 3.92. The SMILES string of the molecule is CCOCCN1C(=O)CCc2cc(I)ccc21. The predicted octanol–water partition coefficient (Wildman–Crippen LogP) is 2.61. The molecule has 0 saturated heterocycles. The minimum atomic E-state index is 0.207. The third-order valence-corrected chi connectivity index (χ3v) is 3.58.